The van der Waals surface area contributed by atoms with Crippen molar-refractivity contribution >= 4 is 48.3 Å². The second kappa shape index (κ2) is 12.2. The molecule has 0 radical (unpaired) electrons. The fraction of sp³-hybridized carbons (Fsp3) is 0.310. The number of thiazole rings is 1. The number of hydrogen-bond donors (Lipinski definition) is 2. The number of aryl methyl sites for hydroxylation is 1. The molecule has 2 N–H and O–H groups in total. The highest BCUT2D eigenvalue weighted by Gasteiger charge is 2.21. The first-order valence-electron chi connectivity index (χ1n) is 13.3. The van der Waals surface area contributed by atoms with Gasteiger partial charge in [-0.2, -0.15) is 0 Å². The van der Waals surface area contributed by atoms with Crippen LogP contribution in [0.15, 0.2) is 71.6 Å². The van der Waals surface area contributed by atoms with E-state index >= 15 is 0 Å². The minimum Gasteiger partial charge on any atom is -0.492 e. The maximum absolute atomic E-state index is 12.6. The van der Waals surface area contributed by atoms with Gasteiger partial charge in [0.1, 0.15) is 11.3 Å². The number of para-hydroxylation sites is 1. The van der Waals surface area contributed by atoms with Crippen LogP contribution in [0.5, 0.6) is 5.75 Å². The second-order valence-corrected chi connectivity index (χ2v) is 12.3. The van der Waals surface area contributed by atoms with Gasteiger partial charge in [-0.05, 0) is 62.4 Å². The highest BCUT2D eigenvalue weighted by atomic mass is 32.2. The van der Waals surface area contributed by atoms with E-state index in [9.17, 15) is 13.2 Å². The number of piperazine rings is 1. The topological polar surface area (TPSA) is 104 Å². The second-order valence-electron chi connectivity index (χ2n) is 9.61. The van der Waals surface area contributed by atoms with Crippen LogP contribution in [0.2, 0.25) is 0 Å². The molecule has 0 bridgehead atoms. The van der Waals surface area contributed by atoms with E-state index in [0.717, 1.165) is 59.4 Å². The van der Waals surface area contributed by atoms with Crippen molar-refractivity contribution in [2.45, 2.75) is 18.7 Å². The number of nitrogens with one attached hydrogen (secondary N) is 2. The Morgan fingerprint density at radius 3 is 2.42 bits per heavy atom. The van der Waals surface area contributed by atoms with E-state index in [1.54, 1.807) is 59.9 Å². The molecular formula is C29H33N5O4S2. The molecule has 9 nitrogen and oxygen atoms in total. The summed E-state index contributed by atoms with van der Waals surface area (Å²) < 4.78 is 34.6. The third-order valence-corrected chi connectivity index (χ3v) is 9.24. The molecule has 2 heterocycles. The first kappa shape index (κ1) is 27.9. The summed E-state index contributed by atoms with van der Waals surface area (Å²) in [5.74, 6) is 0.640. The lowest BCUT2D eigenvalue weighted by molar-refractivity contribution is 0.0948. The van der Waals surface area contributed by atoms with Gasteiger partial charge in [0.25, 0.3) is 15.9 Å². The quantitative estimate of drug-likeness (QED) is 0.288. The van der Waals surface area contributed by atoms with Crippen molar-refractivity contribution in [3.05, 3.63) is 77.9 Å². The van der Waals surface area contributed by atoms with Crippen molar-refractivity contribution in [2.24, 2.45) is 0 Å². The maximum atomic E-state index is 12.6. The molecule has 0 atom stereocenters. The Morgan fingerprint density at radius 2 is 1.73 bits per heavy atom. The Hall–Kier alpha value is -3.67. The Bertz CT molecular complexity index is 1560. The fourth-order valence-corrected chi connectivity index (χ4v) is 6.63. The van der Waals surface area contributed by atoms with E-state index in [0.29, 0.717) is 24.4 Å². The summed E-state index contributed by atoms with van der Waals surface area (Å²) in [6.07, 6.45) is 0. The number of sulfonamides is 1. The maximum Gasteiger partial charge on any atom is 0.261 e. The molecule has 11 heteroatoms. The molecule has 1 aliphatic heterocycles. The first-order chi connectivity index (χ1) is 19.3. The molecule has 5 rings (SSSR count). The number of nitrogens with zero attached hydrogens (tertiary/aromatic N) is 3. The molecule has 0 saturated carbocycles. The van der Waals surface area contributed by atoms with Gasteiger partial charge in [-0.1, -0.05) is 35.1 Å². The van der Waals surface area contributed by atoms with Gasteiger partial charge in [0.2, 0.25) is 0 Å². The molecule has 0 spiro atoms. The van der Waals surface area contributed by atoms with Crippen LogP contribution in [0.1, 0.15) is 22.8 Å². The van der Waals surface area contributed by atoms with Crippen LogP contribution in [0.25, 0.3) is 10.2 Å². The van der Waals surface area contributed by atoms with Gasteiger partial charge < -0.3 is 15.0 Å². The van der Waals surface area contributed by atoms with Crippen molar-refractivity contribution in [3.8, 4) is 5.75 Å². The predicted molar refractivity (Wildman–Crippen MR) is 160 cm³/mol. The highest BCUT2D eigenvalue weighted by molar-refractivity contribution is 7.92. The molecule has 1 fully saturated rings. The first-order valence-corrected chi connectivity index (χ1v) is 15.6. The Morgan fingerprint density at radius 1 is 1.00 bits per heavy atom. The Kier molecular flexibility index (Phi) is 8.53. The Balaban J connectivity index is 1.07. The predicted octanol–water partition coefficient (Wildman–Crippen LogP) is 4.36. The molecule has 4 aromatic rings. The van der Waals surface area contributed by atoms with E-state index in [-0.39, 0.29) is 10.8 Å². The smallest absolute Gasteiger partial charge is 0.261 e. The van der Waals surface area contributed by atoms with Crippen molar-refractivity contribution in [3.63, 3.8) is 0 Å². The number of hydrogen-bond acceptors (Lipinski definition) is 8. The van der Waals surface area contributed by atoms with Crippen LogP contribution in [0.3, 0.4) is 0 Å². The zero-order valence-electron chi connectivity index (χ0n) is 22.6. The van der Waals surface area contributed by atoms with E-state index < -0.39 is 10.0 Å². The van der Waals surface area contributed by atoms with Crippen molar-refractivity contribution < 1.29 is 17.9 Å². The summed E-state index contributed by atoms with van der Waals surface area (Å²) in [5, 5.41) is 3.98. The molecule has 1 aliphatic rings. The van der Waals surface area contributed by atoms with E-state index in [1.807, 2.05) is 26.0 Å². The van der Waals surface area contributed by atoms with Gasteiger partial charge in [-0.3, -0.25) is 14.4 Å². The van der Waals surface area contributed by atoms with Crippen molar-refractivity contribution in [2.75, 3.05) is 55.5 Å². The molecule has 1 aromatic heterocycles. The van der Waals surface area contributed by atoms with Gasteiger partial charge in [0, 0.05) is 50.5 Å². The molecular weight excluding hydrogens is 546 g/mol. The van der Waals surface area contributed by atoms with Gasteiger partial charge in [0.15, 0.2) is 5.13 Å². The van der Waals surface area contributed by atoms with Gasteiger partial charge in [-0.25, -0.2) is 13.4 Å². The third kappa shape index (κ3) is 6.55. The summed E-state index contributed by atoms with van der Waals surface area (Å²) in [5.41, 5.74) is 2.78. The van der Waals surface area contributed by atoms with Crippen LogP contribution in [-0.4, -0.2) is 70.1 Å². The summed E-state index contributed by atoms with van der Waals surface area (Å²) in [4.78, 5) is 22.3. The molecule has 0 unspecified atom stereocenters. The number of carbonyl (C=O) groups excluding carboxylic acids is 1. The number of benzene rings is 3. The highest BCUT2D eigenvalue weighted by Crippen LogP contribution is 2.34. The summed E-state index contributed by atoms with van der Waals surface area (Å²) in [6.45, 7) is 9.29. The van der Waals surface area contributed by atoms with Crippen LogP contribution in [0, 0.1) is 6.92 Å². The SMILES string of the molecule is CCOc1cccc2sc(N3CCN(CCNC(=O)c4ccc(NS(=O)(=O)c5ccc(C)cc5)cc4)CC3)nc12. The van der Waals surface area contributed by atoms with Crippen LogP contribution in [0.4, 0.5) is 10.8 Å². The number of amides is 1. The lowest BCUT2D eigenvalue weighted by Crippen LogP contribution is -2.48. The largest absolute Gasteiger partial charge is 0.492 e. The number of anilines is 2. The monoisotopic (exact) mass is 579 g/mol. The van der Waals surface area contributed by atoms with Crippen LogP contribution in [-0.2, 0) is 10.0 Å². The fourth-order valence-electron chi connectivity index (χ4n) is 4.53. The normalized spacial score (nSPS) is 14.3. The molecule has 1 amide bonds. The summed E-state index contributed by atoms with van der Waals surface area (Å²) in [7, 11) is -3.69. The number of rotatable bonds is 10. The molecule has 1 saturated heterocycles. The van der Waals surface area contributed by atoms with Gasteiger partial charge >= 0.3 is 0 Å². The summed E-state index contributed by atoms with van der Waals surface area (Å²) >= 11 is 1.69. The molecule has 210 valence electrons. The molecule has 3 aromatic carbocycles. The minimum absolute atomic E-state index is 0.189. The third-order valence-electron chi connectivity index (χ3n) is 6.76. The number of fused-ring (bicyclic) bond motifs is 1. The summed E-state index contributed by atoms with van der Waals surface area (Å²) in [6, 6.07) is 19.1. The number of aromatic nitrogens is 1. The van der Waals surface area contributed by atoms with Crippen LogP contribution < -0.4 is 19.7 Å². The zero-order chi connectivity index (χ0) is 28.1. The molecule has 0 aliphatic carbocycles. The van der Waals surface area contributed by atoms with E-state index in [1.165, 1.54) is 0 Å². The van der Waals surface area contributed by atoms with Gasteiger partial charge in [-0.15, -0.1) is 0 Å². The number of ether oxygens (including phenoxy) is 1. The lowest BCUT2D eigenvalue weighted by Gasteiger charge is -2.34. The van der Waals surface area contributed by atoms with Crippen molar-refractivity contribution in [1.82, 2.24) is 15.2 Å². The van der Waals surface area contributed by atoms with E-state index in [4.69, 9.17) is 9.72 Å². The number of carbonyl (C=O) groups is 1. The standard InChI is InChI=1S/C29H33N5O4S2/c1-3-38-25-5-4-6-26-27(25)31-29(39-26)34-19-17-33(18-20-34)16-15-30-28(35)22-9-11-23(12-10-22)32-40(36,37)24-13-7-21(2)8-14-24/h4-14,32H,3,15-20H2,1-2H3,(H,30,35). The zero-order valence-corrected chi connectivity index (χ0v) is 24.2. The Labute approximate surface area is 238 Å². The van der Waals surface area contributed by atoms with Crippen molar-refractivity contribution in [1.29, 1.82) is 0 Å². The lowest BCUT2D eigenvalue weighted by atomic mass is 10.2. The molecule has 40 heavy (non-hydrogen) atoms. The van der Waals surface area contributed by atoms with Gasteiger partial charge in [0.05, 0.1) is 16.2 Å². The average molecular weight is 580 g/mol. The average Bonchev–Trinajstić information content (AvgIpc) is 3.39. The van der Waals surface area contributed by atoms with Crippen LogP contribution >= 0.6 is 11.3 Å². The van der Waals surface area contributed by atoms with E-state index in [2.05, 4.69) is 25.9 Å². The minimum atomic E-state index is -3.69.